The second kappa shape index (κ2) is 5.91. The van der Waals surface area contributed by atoms with Crippen LogP contribution in [-0.4, -0.2) is 69.5 Å². The van der Waals surface area contributed by atoms with Crippen molar-refractivity contribution >= 4 is 11.2 Å². The van der Waals surface area contributed by atoms with E-state index in [9.17, 15) is 15.3 Å². The van der Waals surface area contributed by atoms with E-state index in [1.165, 1.54) is 17.2 Å². The number of aromatic nitrogens is 6. The Hall–Kier alpha value is -2.40. The van der Waals surface area contributed by atoms with Crippen molar-refractivity contribution in [3.05, 3.63) is 36.8 Å². The normalized spacial score (nSPS) is 27.1. The van der Waals surface area contributed by atoms with Crippen LogP contribution in [0, 0.1) is 0 Å². The Balaban J connectivity index is 1.71. The third kappa shape index (κ3) is 2.36. The van der Waals surface area contributed by atoms with Gasteiger partial charge in [-0.15, -0.1) is 0 Å². The molecule has 0 unspecified atom stereocenters. The fraction of sp³-hybridized carbons (Fsp3) is 0.429. The maximum Gasteiger partial charge on any atom is 0.165 e. The summed E-state index contributed by atoms with van der Waals surface area (Å²) < 4.78 is 8.78. The van der Waals surface area contributed by atoms with Crippen LogP contribution in [0.15, 0.2) is 31.1 Å². The Morgan fingerprint density at radius 2 is 2.04 bits per heavy atom. The lowest BCUT2D eigenvalue weighted by Crippen LogP contribution is -2.33. The zero-order valence-corrected chi connectivity index (χ0v) is 12.5. The topological polar surface area (TPSA) is 131 Å². The van der Waals surface area contributed by atoms with Crippen LogP contribution in [-0.2, 0) is 11.3 Å². The molecule has 0 spiro atoms. The number of rotatable bonds is 4. The highest BCUT2D eigenvalue weighted by molar-refractivity contribution is 5.73. The second-order valence-corrected chi connectivity index (χ2v) is 5.58. The van der Waals surface area contributed by atoms with Gasteiger partial charge in [0.25, 0.3) is 0 Å². The molecule has 4 atom stereocenters. The third-order valence-electron chi connectivity index (χ3n) is 4.10. The minimum absolute atomic E-state index is 0.388. The smallest absolute Gasteiger partial charge is 0.165 e. The molecular weight excluding hydrogens is 316 g/mol. The van der Waals surface area contributed by atoms with E-state index in [-0.39, 0.29) is 6.61 Å². The number of aliphatic hydroxyl groups excluding tert-OH is 3. The zero-order valence-electron chi connectivity index (χ0n) is 12.5. The molecule has 0 saturated carbocycles. The van der Waals surface area contributed by atoms with Crippen molar-refractivity contribution in [2.75, 3.05) is 6.61 Å². The molecule has 1 saturated heterocycles. The van der Waals surface area contributed by atoms with Crippen LogP contribution in [0.1, 0.15) is 11.9 Å². The summed E-state index contributed by atoms with van der Waals surface area (Å²) in [5.74, 6) is 0. The number of imidazole rings is 1. The van der Waals surface area contributed by atoms with Gasteiger partial charge in [-0.3, -0.25) is 9.25 Å². The van der Waals surface area contributed by atoms with E-state index >= 15 is 0 Å². The van der Waals surface area contributed by atoms with E-state index in [1.54, 1.807) is 10.9 Å². The van der Waals surface area contributed by atoms with Crippen LogP contribution in [0.2, 0.25) is 0 Å². The van der Waals surface area contributed by atoms with Gasteiger partial charge < -0.3 is 20.1 Å². The van der Waals surface area contributed by atoms with Gasteiger partial charge in [-0.1, -0.05) is 0 Å². The van der Waals surface area contributed by atoms with Crippen LogP contribution in [0.3, 0.4) is 0 Å². The summed E-state index contributed by atoms with van der Waals surface area (Å²) in [4.78, 5) is 12.8. The van der Waals surface area contributed by atoms with Crippen molar-refractivity contribution in [1.29, 1.82) is 0 Å². The van der Waals surface area contributed by atoms with Crippen molar-refractivity contribution in [2.45, 2.75) is 31.1 Å². The molecule has 0 amide bonds. The number of aliphatic hydroxyl groups is 3. The highest BCUT2D eigenvalue weighted by Crippen LogP contribution is 2.31. The summed E-state index contributed by atoms with van der Waals surface area (Å²) in [7, 11) is 0. The van der Waals surface area contributed by atoms with Gasteiger partial charge in [0.15, 0.2) is 11.9 Å². The molecule has 0 aromatic carbocycles. The standard InChI is InChI=1S/C14H16N6O4/c21-5-9-11(22)12(23)14(24-9)20-7-17-10-8(15-6-16-13(10)20)4-19-3-1-2-18-19/h1-3,6-7,9,11-12,14,21-23H,4-5H2/t9-,11-,12-,14-/m1/s1. The maximum absolute atomic E-state index is 10.2. The summed E-state index contributed by atoms with van der Waals surface area (Å²) in [5, 5.41) is 33.4. The summed E-state index contributed by atoms with van der Waals surface area (Å²) >= 11 is 0. The molecule has 1 aliphatic heterocycles. The van der Waals surface area contributed by atoms with Gasteiger partial charge in [0.2, 0.25) is 0 Å². The fourth-order valence-electron chi connectivity index (χ4n) is 2.86. The molecule has 10 heteroatoms. The first-order valence-corrected chi connectivity index (χ1v) is 7.45. The molecule has 3 aromatic rings. The lowest BCUT2D eigenvalue weighted by molar-refractivity contribution is -0.0511. The lowest BCUT2D eigenvalue weighted by atomic mass is 10.1. The zero-order chi connectivity index (χ0) is 16.7. The average Bonchev–Trinajstić information content (AvgIpc) is 3.30. The Labute approximate surface area is 136 Å². The van der Waals surface area contributed by atoms with E-state index in [2.05, 4.69) is 20.1 Å². The average molecular weight is 332 g/mol. The fourth-order valence-corrected chi connectivity index (χ4v) is 2.86. The van der Waals surface area contributed by atoms with Crippen molar-refractivity contribution in [3.8, 4) is 0 Å². The van der Waals surface area contributed by atoms with E-state index < -0.39 is 24.5 Å². The van der Waals surface area contributed by atoms with Gasteiger partial charge in [-0.2, -0.15) is 5.10 Å². The predicted molar refractivity (Wildman–Crippen MR) is 79.7 cm³/mol. The van der Waals surface area contributed by atoms with Gasteiger partial charge in [-0.25, -0.2) is 15.0 Å². The second-order valence-electron chi connectivity index (χ2n) is 5.58. The van der Waals surface area contributed by atoms with Gasteiger partial charge in [0.05, 0.1) is 25.2 Å². The molecule has 1 fully saturated rings. The molecule has 4 rings (SSSR count). The lowest BCUT2D eigenvalue weighted by Gasteiger charge is -2.16. The molecule has 3 aromatic heterocycles. The van der Waals surface area contributed by atoms with E-state index in [4.69, 9.17) is 4.74 Å². The molecule has 0 radical (unpaired) electrons. The van der Waals surface area contributed by atoms with Crippen molar-refractivity contribution in [2.24, 2.45) is 0 Å². The van der Waals surface area contributed by atoms with Crippen LogP contribution in [0.5, 0.6) is 0 Å². The number of nitrogens with zero attached hydrogens (tertiary/aromatic N) is 6. The quantitative estimate of drug-likeness (QED) is 0.536. The highest BCUT2D eigenvalue weighted by Gasteiger charge is 2.43. The van der Waals surface area contributed by atoms with Crippen LogP contribution in [0.4, 0.5) is 0 Å². The maximum atomic E-state index is 10.2. The van der Waals surface area contributed by atoms with Gasteiger partial charge in [0.1, 0.15) is 30.2 Å². The van der Waals surface area contributed by atoms with E-state index in [1.807, 2.05) is 12.3 Å². The van der Waals surface area contributed by atoms with Crippen LogP contribution < -0.4 is 0 Å². The predicted octanol–water partition coefficient (Wildman–Crippen LogP) is -1.32. The van der Waals surface area contributed by atoms with Crippen molar-refractivity contribution < 1.29 is 20.1 Å². The van der Waals surface area contributed by atoms with Crippen LogP contribution >= 0.6 is 0 Å². The summed E-state index contributed by atoms with van der Waals surface area (Å²) in [6.07, 6.45) is 2.27. The number of hydrogen-bond donors (Lipinski definition) is 3. The summed E-state index contributed by atoms with van der Waals surface area (Å²) in [6.45, 7) is 0.0416. The summed E-state index contributed by atoms with van der Waals surface area (Å²) in [6, 6.07) is 1.82. The molecule has 10 nitrogen and oxygen atoms in total. The first-order chi connectivity index (χ1) is 11.7. The number of hydrogen-bond acceptors (Lipinski definition) is 8. The van der Waals surface area contributed by atoms with Crippen molar-refractivity contribution in [1.82, 2.24) is 29.3 Å². The minimum atomic E-state index is -1.19. The van der Waals surface area contributed by atoms with Gasteiger partial charge in [-0.05, 0) is 6.07 Å². The first kappa shape index (κ1) is 15.1. The molecule has 4 heterocycles. The molecule has 24 heavy (non-hydrogen) atoms. The third-order valence-corrected chi connectivity index (χ3v) is 4.10. The largest absolute Gasteiger partial charge is 0.394 e. The Morgan fingerprint density at radius 1 is 1.17 bits per heavy atom. The first-order valence-electron chi connectivity index (χ1n) is 7.45. The molecule has 126 valence electrons. The highest BCUT2D eigenvalue weighted by atomic mass is 16.6. The van der Waals surface area contributed by atoms with Crippen molar-refractivity contribution in [3.63, 3.8) is 0 Å². The molecular formula is C14H16N6O4. The molecule has 0 bridgehead atoms. The Morgan fingerprint density at radius 3 is 2.75 bits per heavy atom. The van der Waals surface area contributed by atoms with Gasteiger partial charge in [0, 0.05) is 12.4 Å². The van der Waals surface area contributed by atoms with E-state index in [0.29, 0.717) is 23.4 Å². The molecule has 1 aliphatic rings. The van der Waals surface area contributed by atoms with Gasteiger partial charge >= 0.3 is 0 Å². The minimum Gasteiger partial charge on any atom is -0.394 e. The summed E-state index contributed by atoms with van der Waals surface area (Å²) in [5.41, 5.74) is 1.71. The SMILES string of the molecule is OC[C@H]1O[C@@H](n2cnc3c(Cn4cccn4)ncnc32)[C@H](O)[C@@H]1O. The number of fused-ring (bicyclic) bond motifs is 1. The Bertz CT molecular complexity index is 835. The Kier molecular flexibility index (Phi) is 3.73. The van der Waals surface area contributed by atoms with Crippen LogP contribution in [0.25, 0.3) is 11.2 Å². The molecule has 3 N–H and O–H groups in total. The monoisotopic (exact) mass is 332 g/mol. The number of ether oxygens (including phenoxy) is 1. The van der Waals surface area contributed by atoms with E-state index in [0.717, 1.165) is 0 Å². The molecule has 0 aliphatic carbocycles.